The summed E-state index contributed by atoms with van der Waals surface area (Å²) in [7, 11) is 0. The Balaban J connectivity index is 2.88. The molecule has 0 heterocycles. The molecule has 0 unspecified atom stereocenters. The molecule has 0 saturated carbocycles. The van der Waals surface area contributed by atoms with Crippen molar-refractivity contribution in [3.8, 4) is 0 Å². The highest BCUT2D eigenvalue weighted by Gasteiger charge is 1.87. The van der Waals surface area contributed by atoms with Crippen molar-refractivity contribution < 1.29 is 0 Å². The fraction of sp³-hybridized carbons (Fsp3) is 0. The summed E-state index contributed by atoms with van der Waals surface area (Å²) in [5.74, 6) is 0. The van der Waals surface area contributed by atoms with Gasteiger partial charge in [-0.25, -0.2) is 0 Å². The van der Waals surface area contributed by atoms with Gasteiger partial charge >= 0.3 is 0 Å². The van der Waals surface area contributed by atoms with E-state index in [0.717, 1.165) is 0 Å². The Morgan fingerprint density at radius 3 is 1.79 bits per heavy atom. The maximum Gasteiger partial charge on any atom is -0.0251 e. The van der Waals surface area contributed by atoms with E-state index >= 15 is 0 Å². The average molecular weight is 182 g/mol. The van der Waals surface area contributed by atoms with Gasteiger partial charge in [0, 0.05) is 0 Å². The lowest BCUT2D eigenvalue weighted by Crippen LogP contribution is -1.74. The van der Waals surface area contributed by atoms with E-state index in [9.17, 15) is 0 Å². The molecule has 0 bridgehead atoms. The minimum Gasteiger partial charge on any atom is -0.0991 e. The van der Waals surface area contributed by atoms with Crippen LogP contribution in [-0.2, 0) is 0 Å². The first kappa shape index (κ1) is 10.3. The first-order chi connectivity index (χ1) is 6.86. The Hall–Kier alpha value is -1.82. The molecule has 1 aromatic carbocycles. The van der Waals surface area contributed by atoms with Crippen LogP contribution in [0.4, 0.5) is 0 Å². The second-order valence-electron chi connectivity index (χ2n) is 2.86. The second kappa shape index (κ2) is 5.76. The van der Waals surface area contributed by atoms with E-state index in [1.165, 1.54) is 11.1 Å². The quantitative estimate of drug-likeness (QED) is 0.615. The fourth-order valence-corrected chi connectivity index (χ4v) is 1.12. The highest BCUT2D eigenvalue weighted by molar-refractivity contribution is 5.58. The Morgan fingerprint density at radius 1 is 0.857 bits per heavy atom. The molecule has 0 heteroatoms. The van der Waals surface area contributed by atoms with E-state index in [2.05, 4.69) is 31.4 Å². The molecule has 0 aromatic heterocycles. The van der Waals surface area contributed by atoms with Gasteiger partial charge in [0.25, 0.3) is 0 Å². The first-order valence-corrected chi connectivity index (χ1v) is 4.55. The molecule has 0 saturated heterocycles. The van der Waals surface area contributed by atoms with E-state index in [-0.39, 0.29) is 0 Å². The van der Waals surface area contributed by atoms with Gasteiger partial charge in [-0.1, -0.05) is 67.8 Å². The number of rotatable bonds is 4. The Kier molecular flexibility index (Phi) is 4.22. The Morgan fingerprint density at radius 2 is 1.36 bits per heavy atom. The van der Waals surface area contributed by atoms with Crippen molar-refractivity contribution in [2.75, 3.05) is 0 Å². The Bertz CT molecular complexity index is 334. The topological polar surface area (TPSA) is 0 Å². The molecule has 0 spiro atoms. The van der Waals surface area contributed by atoms with Crippen LogP contribution in [0.3, 0.4) is 0 Å². The molecule has 1 aromatic rings. The van der Waals surface area contributed by atoms with Crippen LogP contribution in [0.25, 0.3) is 12.2 Å². The van der Waals surface area contributed by atoms with Crippen LogP contribution in [-0.4, -0.2) is 0 Å². The molecule has 0 nitrogen and oxygen atoms in total. The van der Waals surface area contributed by atoms with Crippen molar-refractivity contribution >= 4 is 12.2 Å². The SMILES string of the molecule is C=C/C=C\c1cccc(/C=C\C=C)c1. The lowest BCUT2D eigenvalue weighted by atomic mass is 10.1. The summed E-state index contributed by atoms with van der Waals surface area (Å²) < 4.78 is 0. The van der Waals surface area contributed by atoms with E-state index < -0.39 is 0 Å². The predicted octanol–water partition coefficient (Wildman–Crippen LogP) is 4.09. The number of benzene rings is 1. The first-order valence-electron chi connectivity index (χ1n) is 4.55. The third-order valence-corrected chi connectivity index (χ3v) is 1.76. The minimum atomic E-state index is 1.18. The highest BCUT2D eigenvalue weighted by Crippen LogP contribution is 2.08. The summed E-state index contributed by atoms with van der Waals surface area (Å²) in [5, 5.41) is 0. The van der Waals surface area contributed by atoms with Crippen LogP contribution < -0.4 is 0 Å². The summed E-state index contributed by atoms with van der Waals surface area (Å²) in [5.41, 5.74) is 2.35. The fourth-order valence-electron chi connectivity index (χ4n) is 1.12. The maximum atomic E-state index is 3.63. The summed E-state index contributed by atoms with van der Waals surface area (Å²) in [4.78, 5) is 0. The zero-order valence-electron chi connectivity index (χ0n) is 8.19. The third kappa shape index (κ3) is 3.28. The standard InChI is InChI=1S/C14H14/c1-3-5-8-13-10-7-11-14(12-13)9-6-4-2/h3-12H,1-2H2/b8-5-,9-6-. The predicted molar refractivity (Wildman–Crippen MR) is 64.9 cm³/mol. The van der Waals surface area contributed by atoms with Crippen molar-refractivity contribution in [3.05, 3.63) is 72.9 Å². The van der Waals surface area contributed by atoms with Crippen LogP contribution in [0.5, 0.6) is 0 Å². The van der Waals surface area contributed by atoms with Gasteiger partial charge in [-0.15, -0.1) is 0 Å². The highest BCUT2D eigenvalue weighted by atomic mass is 13.9. The zero-order chi connectivity index (χ0) is 10.2. The average Bonchev–Trinajstić information content (AvgIpc) is 2.24. The van der Waals surface area contributed by atoms with E-state index in [1.54, 1.807) is 12.2 Å². The largest absolute Gasteiger partial charge is 0.0991 e. The molecule has 70 valence electrons. The van der Waals surface area contributed by atoms with Crippen molar-refractivity contribution in [2.45, 2.75) is 0 Å². The number of allylic oxidation sites excluding steroid dienone is 4. The maximum absolute atomic E-state index is 3.63. The molecule has 14 heavy (non-hydrogen) atoms. The Labute approximate surface area is 85.6 Å². The van der Waals surface area contributed by atoms with Gasteiger partial charge in [0.05, 0.1) is 0 Å². The second-order valence-corrected chi connectivity index (χ2v) is 2.86. The van der Waals surface area contributed by atoms with Gasteiger partial charge in [-0.2, -0.15) is 0 Å². The molecule has 0 radical (unpaired) electrons. The molecule has 1 rings (SSSR count). The molecule has 0 fully saturated rings. The zero-order valence-corrected chi connectivity index (χ0v) is 8.19. The van der Waals surface area contributed by atoms with Crippen molar-refractivity contribution in [3.63, 3.8) is 0 Å². The lowest BCUT2D eigenvalue weighted by Gasteiger charge is -1.95. The van der Waals surface area contributed by atoms with Gasteiger partial charge in [0.2, 0.25) is 0 Å². The smallest absolute Gasteiger partial charge is 0.0251 e. The lowest BCUT2D eigenvalue weighted by molar-refractivity contribution is 1.62. The molecule has 0 N–H and O–H groups in total. The van der Waals surface area contributed by atoms with Gasteiger partial charge in [0.1, 0.15) is 0 Å². The molecular formula is C14H14. The van der Waals surface area contributed by atoms with E-state index in [0.29, 0.717) is 0 Å². The molecular weight excluding hydrogens is 168 g/mol. The monoisotopic (exact) mass is 182 g/mol. The van der Waals surface area contributed by atoms with Crippen LogP contribution >= 0.6 is 0 Å². The normalized spacial score (nSPS) is 10.9. The molecule has 0 aliphatic carbocycles. The van der Waals surface area contributed by atoms with Crippen LogP contribution in [0.1, 0.15) is 11.1 Å². The summed E-state index contributed by atoms with van der Waals surface area (Å²) in [6.07, 6.45) is 11.4. The van der Waals surface area contributed by atoms with Gasteiger partial charge in [-0.3, -0.25) is 0 Å². The molecule has 0 aliphatic heterocycles. The van der Waals surface area contributed by atoms with E-state index in [1.807, 2.05) is 30.4 Å². The molecule has 0 atom stereocenters. The van der Waals surface area contributed by atoms with Gasteiger partial charge in [0.15, 0.2) is 0 Å². The van der Waals surface area contributed by atoms with Crippen LogP contribution in [0.15, 0.2) is 61.7 Å². The number of hydrogen-bond acceptors (Lipinski definition) is 0. The van der Waals surface area contributed by atoms with E-state index in [4.69, 9.17) is 0 Å². The van der Waals surface area contributed by atoms with Crippen LogP contribution in [0.2, 0.25) is 0 Å². The summed E-state index contributed by atoms with van der Waals surface area (Å²) >= 11 is 0. The third-order valence-electron chi connectivity index (χ3n) is 1.76. The molecule has 0 aliphatic rings. The van der Waals surface area contributed by atoms with Crippen molar-refractivity contribution in [2.24, 2.45) is 0 Å². The minimum absolute atomic E-state index is 1.18. The van der Waals surface area contributed by atoms with Crippen molar-refractivity contribution in [1.29, 1.82) is 0 Å². The van der Waals surface area contributed by atoms with Gasteiger partial charge in [-0.05, 0) is 17.2 Å². The van der Waals surface area contributed by atoms with Crippen LogP contribution in [0, 0.1) is 0 Å². The van der Waals surface area contributed by atoms with Gasteiger partial charge < -0.3 is 0 Å². The number of hydrogen-bond donors (Lipinski definition) is 0. The molecule has 0 amide bonds. The summed E-state index contributed by atoms with van der Waals surface area (Å²) in [6, 6.07) is 8.27. The van der Waals surface area contributed by atoms with Crippen molar-refractivity contribution in [1.82, 2.24) is 0 Å². The summed E-state index contributed by atoms with van der Waals surface area (Å²) in [6.45, 7) is 7.27.